The molecule has 0 saturated carbocycles. The van der Waals surface area contributed by atoms with E-state index < -0.39 is 0 Å². The van der Waals surface area contributed by atoms with Crippen molar-refractivity contribution in [2.24, 2.45) is 5.73 Å². The number of likely N-dealkylation sites (tertiary alicyclic amines) is 1. The van der Waals surface area contributed by atoms with Crippen LogP contribution in [0.1, 0.15) is 29.6 Å². The summed E-state index contributed by atoms with van der Waals surface area (Å²) in [5, 5.41) is 0. The highest BCUT2D eigenvalue weighted by atomic mass is 32.2. The van der Waals surface area contributed by atoms with Gasteiger partial charge in [0, 0.05) is 29.6 Å². The second kappa shape index (κ2) is 6.25. The molecule has 1 heterocycles. The van der Waals surface area contributed by atoms with Gasteiger partial charge < -0.3 is 10.6 Å². The van der Waals surface area contributed by atoms with Crippen molar-refractivity contribution in [3.63, 3.8) is 0 Å². The van der Waals surface area contributed by atoms with Gasteiger partial charge >= 0.3 is 0 Å². The number of benzene rings is 1. The van der Waals surface area contributed by atoms with Crippen LogP contribution in [-0.2, 0) is 0 Å². The summed E-state index contributed by atoms with van der Waals surface area (Å²) in [6.07, 6.45) is 5.33. The molecule has 1 unspecified atom stereocenters. The van der Waals surface area contributed by atoms with Gasteiger partial charge in [0.2, 0.25) is 0 Å². The molecule has 0 aliphatic carbocycles. The molecule has 1 aliphatic rings. The van der Waals surface area contributed by atoms with E-state index >= 15 is 0 Å². The molecule has 4 heteroatoms. The largest absolute Gasteiger partial charge is 0.334 e. The molecule has 1 atom stereocenters. The number of rotatable bonds is 3. The van der Waals surface area contributed by atoms with Crippen molar-refractivity contribution in [1.29, 1.82) is 0 Å². The molecule has 0 radical (unpaired) electrons. The SMILES string of the molecule is CSc1ccc(C(=O)N2CCCCC2CN)cc1. The summed E-state index contributed by atoms with van der Waals surface area (Å²) < 4.78 is 0. The van der Waals surface area contributed by atoms with E-state index in [-0.39, 0.29) is 11.9 Å². The van der Waals surface area contributed by atoms with Crippen molar-refractivity contribution in [1.82, 2.24) is 4.90 Å². The lowest BCUT2D eigenvalue weighted by Crippen LogP contribution is -2.47. The predicted octanol–water partition coefficient (Wildman–Crippen LogP) is 2.36. The van der Waals surface area contributed by atoms with Crippen LogP contribution in [0, 0.1) is 0 Å². The summed E-state index contributed by atoms with van der Waals surface area (Å²) in [6, 6.07) is 8.04. The summed E-state index contributed by atoms with van der Waals surface area (Å²) in [7, 11) is 0. The van der Waals surface area contributed by atoms with Crippen molar-refractivity contribution in [3.8, 4) is 0 Å². The molecular weight excluding hydrogens is 244 g/mol. The van der Waals surface area contributed by atoms with Crippen molar-refractivity contribution < 1.29 is 4.79 Å². The summed E-state index contributed by atoms with van der Waals surface area (Å²) in [6.45, 7) is 1.40. The number of hydrogen-bond acceptors (Lipinski definition) is 3. The molecule has 2 N–H and O–H groups in total. The van der Waals surface area contributed by atoms with Gasteiger partial charge in [-0.3, -0.25) is 4.79 Å². The van der Waals surface area contributed by atoms with Crippen LogP contribution in [0.2, 0.25) is 0 Å². The number of piperidine rings is 1. The van der Waals surface area contributed by atoms with E-state index in [2.05, 4.69) is 0 Å². The number of carbonyl (C=O) groups excluding carboxylic acids is 1. The van der Waals surface area contributed by atoms with E-state index in [1.807, 2.05) is 35.4 Å². The molecule has 1 saturated heterocycles. The first-order valence-electron chi connectivity index (χ1n) is 6.41. The lowest BCUT2D eigenvalue weighted by atomic mass is 10.0. The molecule has 1 fully saturated rings. The Hall–Kier alpha value is -1.00. The van der Waals surface area contributed by atoms with Crippen molar-refractivity contribution >= 4 is 17.7 Å². The molecule has 3 nitrogen and oxygen atoms in total. The Morgan fingerprint density at radius 1 is 1.39 bits per heavy atom. The van der Waals surface area contributed by atoms with Crippen molar-refractivity contribution in [2.45, 2.75) is 30.2 Å². The summed E-state index contributed by atoms with van der Waals surface area (Å²) in [4.78, 5) is 15.6. The maximum Gasteiger partial charge on any atom is 0.254 e. The van der Waals surface area contributed by atoms with E-state index in [0.717, 1.165) is 24.9 Å². The van der Waals surface area contributed by atoms with Gasteiger partial charge in [-0.05, 0) is 49.8 Å². The highest BCUT2D eigenvalue weighted by Gasteiger charge is 2.26. The third-order valence-electron chi connectivity index (χ3n) is 3.50. The first-order valence-corrected chi connectivity index (χ1v) is 7.64. The van der Waals surface area contributed by atoms with Crippen molar-refractivity contribution in [2.75, 3.05) is 19.3 Å². The standard InChI is InChI=1S/C14H20N2OS/c1-18-13-7-5-11(6-8-13)14(17)16-9-3-2-4-12(16)10-15/h5-8,12H,2-4,9-10,15H2,1H3. The highest BCUT2D eigenvalue weighted by molar-refractivity contribution is 7.98. The smallest absolute Gasteiger partial charge is 0.254 e. The minimum absolute atomic E-state index is 0.123. The van der Waals surface area contributed by atoms with Crippen LogP contribution in [0.3, 0.4) is 0 Å². The number of thioether (sulfide) groups is 1. The number of hydrogen-bond donors (Lipinski definition) is 1. The Morgan fingerprint density at radius 2 is 2.11 bits per heavy atom. The fourth-order valence-corrected chi connectivity index (χ4v) is 2.82. The first kappa shape index (κ1) is 13.4. The normalized spacial score (nSPS) is 19.9. The molecule has 2 rings (SSSR count). The van der Waals surface area contributed by atoms with Crippen LogP contribution < -0.4 is 5.73 Å². The van der Waals surface area contributed by atoms with E-state index in [1.165, 1.54) is 11.3 Å². The lowest BCUT2D eigenvalue weighted by molar-refractivity contribution is 0.0623. The molecule has 0 aromatic heterocycles. The van der Waals surface area contributed by atoms with Crippen LogP contribution >= 0.6 is 11.8 Å². The minimum Gasteiger partial charge on any atom is -0.334 e. The Bertz CT molecular complexity index is 405. The lowest BCUT2D eigenvalue weighted by Gasteiger charge is -2.35. The van der Waals surface area contributed by atoms with Gasteiger partial charge in [-0.25, -0.2) is 0 Å². The van der Waals surface area contributed by atoms with E-state index in [0.29, 0.717) is 6.54 Å². The average Bonchev–Trinajstić information content (AvgIpc) is 2.46. The Morgan fingerprint density at radius 3 is 2.72 bits per heavy atom. The van der Waals surface area contributed by atoms with Crippen molar-refractivity contribution in [3.05, 3.63) is 29.8 Å². The fourth-order valence-electron chi connectivity index (χ4n) is 2.41. The number of carbonyl (C=O) groups is 1. The molecule has 1 aliphatic heterocycles. The quantitative estimate of drug-likeness (QED) is 0.853. The second-order valence-corrected chi connectivity index (χ2v) is 5.49. The predicted molar refractivity (Wildman–Crippen MR) is 76.0 cm³/mol. The minimum atomic E-state index is 0.123. The van der Waals surface area contributed by atoms with E-state index in [1.54, 1.807) is 11.8 Å². The third kappa shape index (κ3) is 2.87. The topological polar surface area (TPSA) is 46.3 Å². The van der Waals surface area contributed by atoms with Gasteiger partial charge in [0.25, 0.3) is 5.91 Å². The molecule has 18 heavy (non-hydrogen) atoms. The molecule has 0 spiro atoms. The van der Waals surface area contributed by atoms with E-state index in [9.17, 15) is 4.79 Å². The molecule has 1 aromatic carbocycles. The highest BCUT2D eigenvalue weighted by Crippen LogP contribution is 2.20. The van der Waals surface area contributed by atoms with Crippen LogP contribution in [-0.4, -0.2) is 36.2 Å². The van der Waals surface area contributed by atoms with Gasteiger partial charge in [-0.2, -0.15) is 0 Å². The zero-order valence-electron chi connectivity index (χ0n) is 10.8. The van der Waals surface area contributed by atoms with Gasteiger partial charge in [0.15, 0.2) is 0 Å². The number of nitrogens with two attached hydrogens (primary N) is 1. The molecule has 0 bridgehead atoms. The van der Waals surface area contributed by atoms with Crippen LogP contribution in [0.15, 0.2) is 29.2 Å². The zero-order chi connectivity index (χ0) is 13.0. The number of nitrogens with zero attached hydrogens (tertiary/aromatic N) is 1. The molecule has 1 aromatic rings. The fraction of sp³-hybridized carbons (Fsp3) is 0.500. The molecule has 98 valence electrons. The zero-order valence-corrected chi connectivity index (χ0v) is 11.6. The Labute approximate surface area is 113 Å². The summed E-state index contributed by atoms with van der Waals surface area (Å²) >= 11 is 1.68. The third-order valence-corrected chi connectivity index (χ3v) is 4.24. The van der Waals surface area contributed by atoms with Gasteiger partial charge in [-0.15, -0.1) is 11.8 Å². The van der Waals surface area contributed by atoms with Gasteiger partial charge in [-0.1, -0.05) is 0 Å². The van der Waals surface area contributed by atoms with Crippen LogP contribution in [0.4, 0.5) is 0 Å². The van der Waals surface area contributed by atoms with Gasteiger partial charge in [0.05, 0.1) is 0 Å². The monoisotopic (exact) mass is 264 g/mol. The van der Waals surface area contributed by atoms with Crippen LogP contribution in [0.5, 0.6) is 0 Å². The maximum atomic E-state index is 12.4. The van der Waals surface area contributed by atoms with E-state index in [4.69, 9.17) is 5.73 Å². The molecular formula is C14H20N2OS. The Kier molecular flexibility index (Phi) is 4.66. The molecule has 1 amide bonds. The number of amides is 1. The van der Waals surface area contributed by atoms with Gasteiger partial charge in [0.1, 0.15) is 0 Å². The summed E-state index contributed by atoms with van der Waals surface area (Å²) in [5.74, 6) is 0.123. The maximum absolute atomic E-state index is 12.4. The first-order chi connectivity index (χ1) is 8.76. The second-order valence-electron chi connectivity index (χ2n) is 4.61. The summed E-state index contributed by atoms with van der Waals surface area (Å²) in [5.41, 5.74) is 6.53. The van der Waals surface area contributed by atoms with Crippen LogP contribution in [0.25, 0.3) is 0 Å². The Balaban J connectivity index is 2.13. The average molecular weight is 264 g/mol.